The van der Waals surface area contributed by atoms with E-state index < -0.39 is 0 Å². The number of carbonyl (C=O) groups is 1. The zero-order valence-corrected chi connectivity index (χ0v) is 9.97. The summed E-state index contributed by atoms with van der Waals surface area (Å²) in [6.45, 7) is 0. The van der Waals surface area contributed by atoms with Gasteiger partial charge in [0.2, 0.25) is 0 Å². The van der Waals surface area contributed by atoms with E-state index in [-0.39, 0.29) is 5.91 Å². The van der Waals surface area contributed by atoms with Crippen LogP contribution in [0.5, 0.6) is 0 Å². The van der Waals surface area contributed by atoms with Crippen molar-refractivity contribution in [2.45, 2.75) is 0 Å². The molecule has 0 saturated carbocycles. The van der Waals surface area contributed by atoms with Crippen LogP contribution in [0.2, 0.25) is 0 Å². The van der Waals surface area contributed by atoms with Gasteiger partial charge in [-0.2, -0.15) is 4.68 Å². The summed E-state index contributed by atoms with van der Waals surface area (Å²) in [6, 6.07) is 17.1. The van der Waals surface area contributed by atoms with Gasteiger partial charge in [-0.05, 0) is 27.6 Å². The molecule has 0 saturated heterocycles. The Labute approximate surface area is 109 Å². The first-order chi connectivity index (χ1) is 9.36. The van der Waals surface area contributed by atoms with E-state index in [9.17, 15) is 4.79 Å². The van der Waals surface area contributed by atoms with Crippen LogP contribution in [0.1, 0.15) is 10.4 Å². The molecule has 0 radical (unpaired) electrons. The summed E-state index contributed by atoms with van der Waals surface area (Å²) in [5, 5.41) is 10.6. The maximum atomic E-state index is 12.3. The first-order valence-electron chi connectivity index (χ1n) is 5.78. The van der Waals surface area contributed by atoms with E-state index in [1.165, 1.54) is 6.33 Å². The summed E-state index contributed by atoms with van der Waals surface area (Å²) in [5.41, 5.74) is 2.42. The van der Waals surface area contributed by atoms with Crippen molar-refractivity contribution in [3.63, 3.8) is 0 Å². The van der Waals surface area contributed by atoms with E-state index in [2.05, 4.69) is 15.5 Å². The van der Waals surface area contributed by atoms with Gasteiger partial charge in [-0.1, -0.05) is 48.5 Å². The first-order valence-corrected chi connectivity index (χ1v) is 5.78. The van der Waals surface area contributed by atoms with Crippen LogP contribution >= 0.6 is 0 Å². The second kappa shape index (κ2) is 4.81. The fraction of sp³-hybridized carbons (Fsp3) is 0. The lowest BCUT2D eigenvalue weighted by Gasteiger charge is -2.07. The number of hydrogen-bond donors (Lipinski definition) is 0. The summed E-state index contributed by atoms with van der Waals surface area (Å²) in [7, 11) is 0. The predicted octanol–water partition coefficient (Wildman–Crippen LogP) is 2.03. The van der Waals surface area contributed by atoms with Crippen molar-refractivity contribution < 1.29 is 4.79 Å². The smallest absolute Gasteiger partial charge is 0.267 e. The molecule has 0 unspecified atom stereocenters. The Morgan fingerprint density at radius 2 is 1.68 bits per heavy atom. The second-order valence-electron chi connectivity index (χ2n) is 3.97. The fourth-order valence-electron chi connectivity index (χ4n) is 1.92. The summed E-state index contributed by atoms with van der Waals surface area (Å²) < 4.78 is 1.13. The average molecular weight is 250 g/mol. The summed E-state index contributed by atoms with van der Waals surface area (Å²) >= 11 is 0. The van der Waals surface area contributed by atoms with E-state index in [0.717, 1.165) is 15.8 Å². The SMILES string of the molecule is O=C(c1ccccc1-c1ccccc1)n1cnnn1. The minimum Gasteiger partial charge on any atom is -0.267 e. The van der Waals surface area contributed by atoms with Crippen molar-refractivity contribution in [3.05, 3.63) is 66.5 Å². The van der Waals surface area contributed by atoms with Crippen LogP contribution in [0.25, 0.3) is 11.1 Å². The lowest BCUT2D eigenvalue weighted by atomic mass is 9.99. The lowest BCUT2D eigenvalue weighted by molar-refractivity contribution is 0.0943. The summed E-state index contributed by atoms with van der Waals surface area (Å²) in [6.07, 6.45) is 1.30. The maximum Gasteiger partial charge on any atom is 0.281 e. The van der Waals surface area contributed by atoms with Crippen LogP contribution < -0.4 is 0 Å². The molecular formula is C14H10N4O. The molecular weight excluding hydrogens is 240 g/mol. The van der Waals surface area contributed by atoms with Crippen molar-refractivity contribution in [1.29, 1.82) is 0 Å². The third kappa shape index (κ3) is 2.13. The molecule has 0 bridgehead atoms. The van der Waals surface area contributed by atoms with Crippen LogP contribution in [0.15, 0.2) is 60.9 Å². The van der Waals surface area contributed by atoms with E-state index in [1.54, 1.807) is 6.07 Å². The Morgan fingerprint density at radius 3 is 2.42 bits per heavy atom. The molecule has 0 aliphatic carbocycles. The number of benzene rings is 2. The predicted molar refractivity (Wildman–Crippen MR) is 69.4 cm³/mol. The highest BCUT2D eigenvalue weighted by molar-refractivity contribution is 6.01. The van der Waals surface area contributed by atoms with Gasteiger partial charge in [-0.3, -0.25) is 4.79 Å². The zero-order chi connectivity index (χ0) is 13.1. The zero-order valence-electron chi connectivity index (χ0n) is 9.97. The van der Waals surface area contributed by atoms with Gasteiger partial charge < -0.3 is 0 Å². The van der Waals surface area contributed by atoms with Crippen LogP contribution in [0, 0.1) is 0 Å². The summed E-state index contributed by atoms with van der Waals surface area (Å²) in [5.74, 6) is -0.246. The molecule has 0 spiro atoms. The Bertz CT molecular complexity index is 692. The molecule has 5 nitrogen and oxygen atoms in total. The van der Waals surface area contributed by atoms with Gasteiger partial charge in [0, 0.05) is 5.56 Å². The van der Waals surface area contributed by atoms with Crippen LogP contribution in [-0.2, 0) is 0 Å². The highest BCUT2D eigenvalue weighted by atomic mass is 16.2. The Hall–Kier alpha value is -2.82. The third-order valence-electron chi connectivity index (χ3n) is 2.80. The van der Waals surface area contributed by atoms with Gasteiger partial charge in [-0.25, -0.2) is 0 Å². The number of hydrogen-bond acceptors (Lipinski definition) is 4. The molecule has 0 fully saturated rings. The third-order valence-corrected chi connectivity index (χ3v) is 2.80. The van der Waals surface area contributed by atoms with Crippen LogP contribution in [0.4, 0.5) is 0 Å². The van der Waals surface area contributed by atoms with Gasteiger partial charge in [0.05, 0.1) is 0 Å². The van der Waals surface area contributed by atoms with Crippen molar-refractivity contribution in [3.8, 4) is 11.1 Å². The van der Waals surface area contributed by atoms with Crippen LogP contribution in [-0.4, -0.2) is 26.1 Å². The summed E-state index contributed by atoms with van der Waals surface area (Å²) in [4.78, 5) is 12.3. The molecule has 0 aliphatic heterocycles. The Kier molecular flexibility index (Phi) is 2.86. The van der Waals surface area contributed by atoms with Gasteiger partial charge >= 0.3 is 0 Å². The van der Waals surface area contributed by atoms with Crippen molar-refractivity contribution >= 4 is 5.91 Å². The second-order valence-corrected chi connectivity index (χ2v) is 3.97. The molecule has 0 aliphatic rings. The standard InChI is InChI=1S/C14H10N4O/c19-14(18-10-15-16-17-18)13-9-5-4-8-12(13)11-6-2-1-3-7-11/h1-10H. The number of carbonyl (C=O) groups excluding carboxylic acids is 1. The van der Waals surface area contributed by atoms with Gasteiger partial charge in [0.25, 0.3) is 5.91 Å². The highest BCUT2D eigenvalue weighted by Gasteiger charge is 2.14. The Morgan fingerprint density at radius 1 is 0.947 bits per heavy atom. The molecule has 1 heterocycles. The topological polar surface area (TPSA) is 60.7 Å². The number of tetrazole rings is 1. The number of nitrogens with zero attached hydrogens (tertiary/aromatic N) is 4. The molecule has 0 amide bonds. The van der Waals surface area contributed by atoms with E-state index >= 15 is 0 Å². The number of aromatic nitrogens is 4. The van der Waals surface area contributed by atoms with Gasteiger partial charge in [0.1, 0.15) is 6.33 Å². The van der Waals surface area contributed by atoms with Crippen molar-refractivity contribution in [2.75, 3.05) is 0 Å². The molecule has 0 N–H and O–H groups in total. The van der Waals surface area contributed by atoms with E-state index in [1.807, 2.05) is 48.5 Å². The lowest BCUT2D eigenvalue weighted by Crippen LogP contribution is -2.13. The number of rotatable bonds is 2. The minimum atomic E-state index is -0.246. The normalized spacial score (nSPS) is 10.3. The molecule has 3 aromatic rings. The minimum absolute atomic E-state index is 0.246. The fourth-order valence-corrected chi connectivity index (χ4v) is 1.92. The molecule has 19 heavy (non-hydrogen) atoms. The quantitative estimate of drug-likeness (QED) is 0.653. The average Bonchev–Trinajstić information content (AvgIpc) is 3.02. The molecule has 92 valence electrons. The molecule has 3 rings (SSSR count). The molecule has 0 atom stereocenters. The first kappa shape index (κ1) is 11.3. The Balaban J connectivity index is 2.11. The highest BCUT2D eigenvalue weighted by Crippen LogP contribution is 2.23. The van der Waals surface area contributed by atoms with Gasteiger partial charge in [-0.15, -0.1) is 5.10 Å². The van der Waals surface area contributed by atoms with E-state index in [4.69, 9.17) is 0 Å². The van der Waals surface area contributed by atoms with E-state index in [0.29, 0.717) is 5.56 Å². The van der Waals surface area contributed by atoms with Crippen molar-refractivity contribution in [2.24, 2.45) is 0 Å². The van der Waals surface area contributed by atoms with Crippen molar-refractivity contribution in [1.82, 2.24) is 20.2 Å². The monoisotopic (exact) mass is 250 g/mol. The molecule has 5 heteroatoms. The molecule has 1 aromatic heterocycles. The largest absolute Gasteiger partial charge is 0.281 e. The van der Waals surface area contributed by atoms with Crippen LogP contribution in [0.3, 0.4) is 0 Å². The molecule has 2 aromatic carbocycles. The maximum absolute atomic E-state index is 12.3. The van der Waals surface area contributed by atoms with Gasteiger partial charge in [0.15, 0.2) is 0 Å².